The summed E-state index contributed by atoms with van der Waals surface area (Å²) in [4.78, 5) is 0. The molecule has 0 aliphatic heterocycles. The Balaban J connectivity index is 1.89. The maximum absolute atomic E-state index is 4.64. The monoisotopic (exact) mass is 249 g/mol. The molecular weight excluding hydrogens is 222 g/mol. The standard InChI is InChI=1S/C15H27N3/c1-5-12(2)18-10-8-13(17-18)11-16-14-7-6-9-15(14,3)4/h8,10,12,14,16H,5-7,9,11H2,1-4H3. The van der Waals surface area contributed by atoms with Crippen molar-refractivity contribution >= 4 is 0 Å². The van der Waals surface area contributed by atoms with E-state index < -0.39 is 0 Å². The van der Waals surface area contributed by atoms with Crippen LogP contribution in [-0.4, -0.2) is 15.8 Å². The van der Waals surface area contributed by atoms with Gasteiger partial charge in [0.25, 0.3) is 0 Å². The fourth-order valence-electron chi connectivity index (χ4n) is 2.84. The highest BCUT2D eigenvalue weighted by atomic mass is 15.3. The largest absolute Gasteiger partial charge is 0.308 e. The molecule has 0 saturated heterocycles. The van der Waals surface area contributed by atoms with E-state index in [0.717, 1.165) is 18.7 Å². The summed E-state index contributed by atoms with van der Waals surface area (Å²) in [6.45, 7) is 10.1. The Morgan fingerprint density at radius 1 is 1.56 bits per heavy atom. The summed E-state index contributed by atoms with van der Waals surface area (Å²) in [5.74, 6) is 0. The van der Waals surface area contributed by atoms with Gasteiger partial charge in [-0.3, -0.25) is 4.68 Å². The molecule has 2 rings (SSSR count). The molecule has 18 heavy (non-hydrogen) atoms. The summed E-state index contributed by atoms with van der Waals surface area (Å²) in [6.07, 6.45) is 7.23. The van der Waals surface area contributed by atoms with E-state index >= 15 is 0 Å². The lowest BCUT2D eigenvalue weighted by Gasteiger charge is -2.27. The van der Waals surface area contributed by atoms with Crippen molar-refractivity contribution in [1.29, 1.82) is 0 Å². The Morgan fingerprint density at radius 3 is 2.94 bits per heavy atom. The van der Waals surface area contributed by atoms with Crippen molar-refractivity contribution in [1.82, 2.24) is 15.1 Å². The first kappa shape index (κ1) is 13.6. The van der Waals surface area contributed by atoms with Gasteiger partial charge in [0, 0.05) is 24.8 Å². The van der Waals surface area contributed by atoms with Crippen molar-refractivity contribution in [2.45, 2.75) is 72.0 Å². The summed E-state index contributed by atoms with van der Waals surface area (Å²) in [5, 5.41) is 8.33. The van der Waals surface area contributed by atoms with Gasteiger partial charge in [-0.1, -0.05) is 27.2 Å². The van der Waals surface area contributed by atoms with E-state index in [9.17, 15) is 0 Å². The zero-order chi connectivity index (χ0) is 13.2. The van der Waals surface area contributed by atoms with Crippen LogP contribution in [0.1, 0.15) is 65.1 Å². The first-order valence-corrected chi connectivity index (χ1v) is 7.30. The van der Waals surface area contributed by atoms with Gasteiger partial charge < -0.3 is 5.32 Å². The van der Waals surface area contributed by atoms with E-state index in [1.807, 2.05) is 0 Å². The second kappa shape index (κ2) is 5.43. The van der Waals surface area contributed by atoms with Crippen LogP contribution in [0.5, 0.6) is 0 Å². The molecule has 1 aromatic rings. The summed E-state index contributed by atoms with van der Waals surface area (Å²) in [6, 6.07) is 3.29. The van der Waals surface area contributed by atoms with Crippen LogP contribution >= 0.6 is 0 Å². The molecular formula is C15H27N3. The minimum atomic E-state index is 0.444. The average Bonchev–Trinajstić information content (AvgIpc) is 2.92. The molecule has 1 heterocycles. The highest BCUT2D eigenvalue weighted by Gasteiger charge is 2.33. The molecule has 1 N–H and O–H groups in total. The maximum Gasteiger partial charge on any atom is 0.0762 e. The van der Waals surface area contributed by atoms with E-state index in [-0.39, 0.29) is 0 Å². The van der Waals surface area contributed by atoms with Crippen LogP contribution in [0.25, 0.3) is 0 Å². The van der Waals surface area contributed by atoms with Gasteiger partial charge in [-0.15, -0.1) is 0 Å². The lowest BCUT2D eigenvalue weighted by Crippen LogP contribution is -2.37. The Kier molecular flexibility index (Phi) is 4.10. The molecule has 1 aliphatic carbocycles. The topological polar surface area (TPSA) is 29.9 Å². The fourth-order valence-corrected chi connectivity index (χ4v) is 2.84. The lowest BCUT2D eigenvalue weighted by atomic mass is 9.87. The van der Waals surface area contributed by atoms with Crippen LogP contribution in [0.3, 0.4) is 0 Å². The Hall–Kier alpha value is -0.830. The van der Waals surface area contributed by atoms with Crippen molar-refractivity contribution < 1.29 is 0 Å². The second-order valence-corrected chi connectivity index (χ2v) is 6.36. The highest BCUT2D eigenvalue weighted by molar-refractivity contribution is 5.01. The average molecular weight is 249 g/mol. The van der Waals surface area contributed by atoms with E-state index in [0.29, 0.717) is 17.5 Å². The van der Waals surface area contributed by atoms with Gasteiger partial charge in [-0.2, -0.15) is 5.10 Å². The van der Waals surface area contributed by atoms with E-state index in [4.69, 9.17) is 0 Å². The van der Waals surface area contributed by atoms with Crippen LogP contribution < -0.4 is 5.32 Å². The minimum absolute atomic E-state index is 0.444. The van der Waals surface area contributed by atoms with Crippen LogP contribution in [0.15, 0.2) is 12.3 Å². The lowest BCUT2D eigenvalue weighted by molar-refractivity contribution is 0.281. The number of aromatic nitrogens is 2. The van der Waals surface area contributed by atoms with Gasteiger partial charge in [0.1, 0.15) is 0 Å². The van der Waals surface area contributed by atoms with E-state index in [1.54, 1.807) is 0 Å². The van der Waals surface area contributed by atoms with Crippen LogP contribution in [-0.2, 0) is 6.54 Å². The third-order valence-electron chi connectivity index (χ3n) is 4.49. The fraction of sp³-hybridized carbons (Fsp3) is 0.800. The molecule has 1 aromatic heterocycles. The second-order valence-electron chi connectivity index (χ2n) is 6.36. The van der Waals surface area contributed by atoms with E-state index in [1.165, 1.54) is 19.3 Å². The van der Waals surface area contributed by atoms with E-state index in [2.05, 4.69) is 55.1 Å². The molecule has 1 aliphatic rings. The smallest absolute Gasteiger partial charge is 0.0762 e. The first-order valence-electron chi connectivity index (χ1n) is 7.30. The molecule has 0 aromatic carbocycles. The quantitative estimate of drug-likeness (QED) is 0.865. The van der Waals surface area contributed by atoms with Crippen molar-refractivity contribution in [3.8, 4) is 0 Å². The number of hydrogen-bond donors (Lipinski definition) is 1. The molecule has 3 nitrogen and oxygen atoms in total. The summed E-state index contributed by atoms with van der Waals surface area (Å²) in [7, 11) is 0. The molecule has 0 bridgehead atoms. The van der Waals surface area contributed by atoms with Crippen molar-refractivity contribution in [2.75, 3.05) is 0 Å². The van der Waals surface area contributed by atoms with Gasteiger partial charge in [-0.05, 0) is 37.7 Å². The Morgan fingerprint density at radius 2 is 2.33 bits per heavy atom. The van der Waals surface area contributed by atoms with Crippen LogP contribution in [0, 0.1) is 5.41 Å². The zero-order valence-corrected chi connectivity index (χ0v) is 12.2. The van der Waals surface area contributed by atoms with Gasteiger partial charge >= 0.3 is 0 Å². The molecule has 1 saturated carbocycles. The van der Waals surface area contributed by atoms with Crippen molar-refractivity contribution in [2.24, 2.45) is 5.41 Å². The molecule has 0 amide bonds. The molecule has 0 radical (unpaired) electrons. The van der Waals surface area contributed by atoms with Gasteiger partial charge in [0.05, 0.1) is 5.69 Å². The SMILES string of the molecule is CCC(C)n1ccc(CNC2CCCC2(C)C)n1. The third-order valence-corrected chi connectivity index (χ3v) is 4.49. The molecule has 1 fully saturated rings. The minimum Gasteiger partial charge on any atom is -0.308 e. The first-order chi connectivity index (χ1) is 8.53. The zero-order valence-electron chi connectivity index (χ0n) is 12.2. The number of hydrogen-bond acceptors (Lipinski definition) is 2. The van der Waals surface area contributed by atoms with Crippen molar-refractivity contribution in [3.63, 3.8) is 0 Å². The Labute approximate surface area is 111 Å². The maximum atomic E-state index is 4.64. The van der Waals surface area contributed by atoms with Gasteiger partial charge in [0.2, 0.25) is 0 Å². The number of nitrogens with zero attached hydrogens (tertiary/aromatic N) is 2. The summed E-state index contributed by atoms with van der Waals surface area (Å²) >= 11 is 0. The van der Waals surface area contributed by atoms with Gasteiger partial charge in [0.15, 0.2) is 0 Å². The summed E-state index contributed by atoms with van der Waals surface area (Å²) in [5.41, 5.74) is 1.61. The number of nitrogens with one attached hydrogen (secondary N) is 1. The molecule has 2 atom stereocenters. The normalized spacial score (nSPS) is 24.3. The molecule has 3 heteroatoms. The van der Waals surface area contributed by atoms with Crippen LogP contribution in [0.4, 0.5) is 0 Å². The third kappa shape index (κ3) is 2.94. The predicted octanol–water partition coefficient (Wildman–Crippen LogP) is 3.52. The van der Waals surface area contributed by atoms with Crippen molar-refractivity contribution in [3.05, 3.63) is 18.0 Å². The predicted molar refractivity (Wildman–Crippen MR) is 75.5 cm³/mol. The molecule has 102 valence electrons. The number of rotatable bonds is 5. The Bertz CT molecular complexity index is 381. The highest BCUT2D eigenvalue weighted by Crippen LogP contribution is 2.37. The van der Waals surface area contributed by atoms with Crippen LogP contribution in [0.2, 0.25) is 0 Å². The molecule has 2 unspecified atom stereocenters. The molecule has 0 spiro atoms. The van der Waals surface area contributed by atoms with Gasteiger partial charge in [-0.25, -0.2) is 0 Å². The summed E-state index contributed by atoms with van der Waals surface area (Å²) < 4.78 is 2.08.